The molecule has 1 aliphatic heterocycles. The maximum Gasteiger partial charge on any atom is 0.150 e. The Bertz CT molecular complexity index is 563. The van der Waals surface area contributed by atoms with Gasteiger partial charge in [0.15, 0.2) is 9.84 Å². The van der Waals surface area contributed by atoms with Crippen molar-refractivity contribution in [3.8, 4) is 0 Å². The van der Waals surface area contributed by atoms with Crippen LogP contribution in [0.1, 0.15) is 31.9 Å². The molecule has 108 valence electrons. The molecule has 0 saturated carbocycles. The van der Waals surface area contributed by atoms with Crippen molar-refractivity contribution >= 4 is 21.3 Å². The number of sulfone groups is 1. The highest BCUT2D eigenvalue weighted by Gasteiger charge is 2.28. The number of hydrogen-bond donors (Lipinski definition) is 2. The minimum atomic E-state index is -2.82. The van der Waals surface area contributed by atoms with Crippen molar-refractivity contribution in [2.75, 3.05) is 29.1 Å². The molecule has 7 heteroatoms. The number of aryl methyl sites for hydroxylation is 1. The normalized spacial score (nSPS) is 22.0. The zero-order valence-corrected chi connectivity index (χ0v) is 12.5. The van der Waals surface area contributed by atoms with Gasteiger partial charge in [-0.15, -0.1) is 0 Å². The predicted molar refractivity (Wildman–Crippen MR) is 77.0 cm³/mol. The fourth-order valence-electron chi connectivity index (χ4n) is 2.47. The van der Waals surface area contributed by atoms with Crippen molar-refractivity contribution in [2.45, 2.75) is 26.2 Å². The SMILES string of the molecule is CC(C)c1nn(C)c(NCC2CCS(=O)(=O)C2)c1N. The van der Waals surface area contributed by atoms with Crippen molar-refractivity contribution < 1.29 is 8.42 Å². The number of nitrogens with zero attached hydrogens (tertiary/aromatic N) is 2. The molecule has 1 saturated heterocycles. The molecule has 1 fully saturated rings. The van der Waals surface area contributed by atoms with E-state index in [0.717, 1.165) is 17.9 Å². The van der Waals surface area contributed by atoms with Gasteiger partial charge >= 0.3 is 0 Å². The van der Waals surface area contributed by atoms with Crippen molar-refractivity contribution in [1.82, 2.24) is 9.78 Å². The Hall–Kier alpha value is -1.24. The summed E-state index contributed by atoms with van der Waals surface area (Å²) in [4.78, 5) is 0. The molecule has 1 unspecified atom stereocenters. The van der Waals surface area contributed by atoms with Crippen molar-refractivity contribution in [2.24, 2.45) is 13.0 Å². The molecule has 3 N–H and O–H groups in total. The smallest absolute Gasteiger partial charge is 0.150 e. The van der Waals surface area contributed by atoms with E-state index in [1.54, 1.807) is 4.68 Å². The Kier molecular flexibility index (Phi) is 3.75. The van der Waals surface area contributed by atoms with Crippen molar-refractivity contribution in [3.05, 3.63) is 5.69 Å². The first kappa shape index (κ1) is 14.2. The van der Waals surface area contributed by atoms with E-state index < -0.39 is 9.84 Å². The highest BCUT2D eigenvalue weighted by molar-refractivity contribution is 7.91. The van der Waals surface area contributed by atoms with Gasteiger partial charge in [-0.1, -0.05) is 13.8 Å². The lowest BCUT2D eigenvalue weighted by molar-refractivity contribution is 0.595. The molecule has 0 bridgehead atoms. The summed E-state index contributed by atoms with van der Waals surface area (Å²) in [5.41, 5.74) is 7.62. The summed E-state index contributed by atoms with van der Waals surface area (Å²) < 4.78 is 24.5. The van der Waals surface area contributed by atoms with E-state index in [9.17, 15) is 8.42 Å². The third-order valence-electron chi connectivity index (χ3n) is 3.54. The van der Waals surface area contributed by atoms with Crippen LogP contribution in [0.4, 0.5) is 11.5 Å². The molecule has 0 aromatic carbocycles. The molecule has 0 aliphatic carbocycles. The zero-order chi connectivity index (χ0) is 14.2. The summed E-state index contributed by atoms with van der Waals surface area (Å²) in [6.45, 7) is 4.72. The molecule has 6 nitrogen and oxygen atoms in total. The van der Waals surface area contributed by atoms with Crippen LogP contribution in [0, 0.1) is 5.92 Å². The van der Waals surface area contributed by atoms with Gasteiger partial charge in [0.05, 0.1) is 22.9 Å². The Labute approximate surface area is 114 Å². The molecule has 1 atom stereocenters. The molecular formula is C12H22N4O2S. The van der Waals surface area contributed by atoms with Gasteiger partial charge in [0.25, 0.3) is 0 Å². The molecule has 0 radical (unpaired) electrons. The van der Waals surface area contributed by atoms with Crippen LogP contribution in [0.3, 0.4) is 0 Å². The number of rotatable bonds is 4. The van der Waals surface area contributed by atoms with Gasteiger partial charge < -0.3 is 11.1 Å². The van der Waals surface area contributed by atoms with E-state index in [1.807, 2.05) is 20.9 Å². The minimum absolute atomic E-state index is 0.168. The van der Waals surface area contributed by atoms with Crippen LogP contribution in [0.15, 0.2) is 0 Å². The van der Waals surface area contributed by atoms with E-state index in [0.29, 0.717) is 18.0 Å². The fraction of sp³-hybridized carbons (Fsp3) is 0.750. The minimum Gasteiger partial charge on any atom is -0.394 e. The number of nitrogens with one attached hydrogen (secondary N) is 1. The fourth-order valence-corrected chi connectivity index (χ4v) is 4.33. The van der Waals surface area contributed by atoms with Gasteiger partial charge in [-0.3, -0.25) is 4.68 Å². The van der Waals surface area contributed by atoms with Gasteiger partial charge in [-0.2, -0.15) is 5.10 Å². The lowest BCUT2D eigenvalue weighted by atomic mass is 10.1. The molecule has 1 aromatic rings. The van der Waals surface area contributed by atoms with Crippen LogP contribution in [0.2, 0.25) is 0 Å². The highest BCUT2D eigenvalue weighted by Crippen LogP contribution is 2.28. The third-order valence-corrected chi connectivity index (χ3v) is 5.38. The average molecular weight is 286 g/mol. The lowest BCUT2D eigenvalue weighted by Crippen LogP contribution is -2.17. The van der Waals surface area contributed by atoms with E-state index in [1.165, 1.54) is 0 Å². The first-order valence-electron chi connectivity index (χ1n) is 6.57. The molecule has 1 aromatic heterocycles. The first-order valence-corrected chi connectivity index (χ1v) is 8.39. The van der Waals surface area contributed by atoms with Crippen LogP contribution in [-0.2, 0) is 16.9 Å². The van der Waals surface area contributed by atoms with E-state index in [4.69, 9.17) is 5.73 Å². The second-order valence-corrected chi connectivity index (χ2v) is 7.80. The first-order chi connectivity index (χ1) is 8.80. The maximum absolute atomic E-state index is 11.4. The second kappa shape index (κ2) is 5.03. The summed E-state index contributed by atoms with van der Waals surface area (Å²) in [5.74, 6) is 1.80. The topological polar surface area (TPSA) is 90.0 Å². The molecule has 2 rings (SSSR count). The summed E-state index contributed by atoms with van der Waals surface area (Å²) in [6.07, 6.45) is 0.726. The lowest BCUT2D eigenvalue weighted by Gasteiger charge is -2.11. The number of nitrogens with two attached hydrogens (primary N) is 1. The van der Waals surface area contributed by atoms with E-state index in [2.05, 4.69) is 10.4 Å². The number of anilines is 2. The summed E-state index contributed by atoms with van der Waals surface area (Å²) in [6, 6.07) is 0. The molecular weight excluding hydrogens is 264 g/mol. The van der Waals surface area contributed by atoms with Crippen LogP contribution in [0.25, 0.3) is 0 Å². The molecule has 0 amide bonds. The summed E-state index contributed by atoms with van der Waals surface area (Å²) in [5, 5.41) is 7.64. The average Bonchev–Trinajstić information content (AvgIpc) is 2.78. The van der Waals surface area contributed by atoms with Gasteiger partial charge in [0, 0.05) is 13.6 Å². The number of hydrogen-bond acceptors (Lipinski definition) is 5. The third kappa shape index (κ3) is 3.02. The van der Waals surface area contributed by atoms with Crippen LogP contribution < -0.4 is 11.1 Å². The largest absolute Gasteiger partial charge is 0.394 e. The van der Waals surface area contributed by atoms with E-state index >= 15 is 0 Å². The molecule has 2 heterocycles. The number of aromatic nitrogens is 2. The van der Waals surface area contributed by atoms with Gasteiger partial charge in [0.1, 0.15) is 5.82 Å². The van der Waals surface area contributed by atoms with Crippen molar-refractivity contribution in [1.29, 1.82) is 0 Å². The van der Waals surface area contributed by atoms with Gasteiger partial charge in [-0.05, 0) is 18.3 Å². The van der Waals surface area contributed by atoms with Gasteiger partial charge in [0.2, 0.25) is 0 Å². The quantitative estimate of drug-likeness (QED) is 0.861. The molecule has 0 spiro atoms. The Morgan fingerprint density at radius 1 is 1.53 bits per heavy atom. The van der Waals surface area contributed by atoms with Crippen molar-refractivity contribution in [3.63, 3.8) is 0 Å². The standard InChI is InChI=1S/C12H22N4O2S/c1-8(2)11-10(13)12(16(3)15-11)14-6-9-4-5-19(17,18)7-9/h8-9,14H,4-7,13H2,1-3H3. The van der Waals surface area contributed by atoms with Gasteiger partial charge in [-0.25, -0.2) is 8.42 Å². The highest BCUT2D eigenvalue weighted by atomic mass is 32.2. The van der Waals surface area contributed by atoms with Crippen LogP contribution >= 0.6 is 0 Å². The second-order valence-electron chi connectivity index (χ2n) is 5.58. The Morgan fingerprint density at radius 3 is 2.68 bits per heavy atom. The Balaban J connectivity index is 2.04. The van der Waals surface area contributed by atoms with E-state index in [-0.39, 0.29) is 17.6 Å². The molecule has 19 heavy (non-hydrogen) atoms. The predicted octanol–water partition coefficient (Wildman–Crippen LogP) is 0.972. The Morgan fingerprint density at radius 2 is 2.21 bits per heavy atom. The summed E-state index contributed by atoms with van der Waals surface area (Å²) >= 11 is 0. The monoisotopic (exact) mass is 286 g/mol. The number of nitrogen functional groups attached to an aromatic ring is 1. The summed E-state index contributed by atoms with van der Waals surface area (Å²) in [7, 11) is -0.979. The van der Waals surface area contributed by atoms with Crippen LogP contribution in [0.5, 0.6) is 0 Å². The zero-order valence-electron chi connectivity index (χ0n) is 11.7. The maximum atomic E-state index is 11.4. The molecule has 1 aliphatic rings. The van der Waals surface area contributed by atoms with Crippen LogP contribution in [-0.4, -0.2) is 36.2 Å².